The molecule has 4 rings (SSSR count). The number of hydrogen-bond acceptors (Lipinski definition) is 9. The first-order valence-electron chi connectivity index (χ1n) is 8.59. The Hall–Kier alpha value is -4.01. The molecule has 9 heteroatoms. The number of hydrogen-bond donors (Lipinski definition) is 0. The molecule has 0 spiro atoms. The van der Waals surface area contributed by atoms with Crippen molar-refractivity contribution in [3.8, 4) is 23.0 Å². The van der Waals surface area contributed by atoms with Crippen LogP contribution in [0.25, 0.3) is 22.7 Å². The van der Waals surface area contributed by atoms with E-state index in [1.54, 1.807) is 37.7 Å². The third kappa shape index (κ3) is 3.98. The normalized spacial score (nSPS) is 10.7. The van der Waals surface area contributed by atoms with Gasteiger partial charge in [0.15, 0.2) is 0 Å². The molecule has 9 nitrogen and oxygen atoms in total. The number of carbonyl (C=O) groups is 1. The molecule has 0 unspecified atom stereocenters. The van der Waals surface area contributed by atoms with Gasteiger partial charge in [-0.25, -0.2) is 19.7 Å². The van der Waals surface area contributed by atoms with Crippen molar-refractivity contribution in [1.29, 1.82) is 0 Å². The Morgan fingerprint density at radius 1 is 1.00 bits per heavy atom. The average molecular weight is 392 g/mol. The smallest absolute Gasteiger partial charge is 0.356 e. The molecule has 4 aromatic rings. The Labute approximate surface area is 165 Å². The number of ether oxygens (including phenoxy) is 3. The molecule has 0 aliphatic rings. The van der Waals surface area contributed by atoms with Gasteiger partial charge >= 0.3 is 5.97 Å². The van der Waals surface area contributed by atoms with Crippen LogP contribution in [0.2, 0.25) is 0 Å². The van der Waals surface area contributed by atoms with Gasteiger partial charge in [0.2, 0.25) is 11.6 Å². The van der Waals surface area contributed by atoms with E-state index < -0.39 is 5.97 Å². The van der Waals surface area contributed by atoms with Gasteiger partial charge in [0, 0.05) is 12.3 Å². The molecular formula is C20H16N4O5. The second kappa shape index (κ2) is 7.93. The van der Waals surface area contributed by atoms with Crippen molar-refractivity contribution in [2.24, 2.45) is 0 Å². The van der Waals surface area contributed by atoms with Crippen LogP contribution >= 0.6 is 0 Å². The molecule has 0 amide bonds. The summed E-state index contributed by atoms with van der Waals surface area (Å²) in [6.07, 6.45) is 4.67. The highest BCUT2D eigenvalue weighted by Gasteiger charge is 2.13. The predicted molar refractivity (Wildman–Crippen MR) is 101 cm³/mol. The number of nitrogens with zero attached hydrogens (tertiary/aromatic N) is 4. The maximum absolute atomic E-state index is 11.5. The number of oxazole rings is 1. The van der Waals surface area contributed by atoms with Gasteiger partial charge in [-0.3, -0.25) is 4.98 Å². The second-order valence-electron chi connectivity index (χ2n) is 5.92. The van der Waals surface area contributed by atoms with E-state index in [2.05, 4.69) is 24.7 Å². The number of esters is 1. The Balaban J connectivity index is 1.50. The van der Waals surface area contributed by atoms with E-state index in [1.807, 2.05) is 12.1 Å². The lowest BCUT2D eigenvalue weighted by Gasteiger charge is -2.05. The van der Waals surface area contributed by atoms with Crippen molar-refractivity contribution in [1.82, 2.24) is 19.9 Å². The zero-order valence-corrected chi connectivity index (χ0v) is 15.7. The van der Waals surface area contributed by atoms with E-state index >= 15 is 0 Å². The van der Waals surface area contributed by atoms with Crippen molar-refractivity contribution in [3.05, 3.63) is 60.3 Å². The highest BCUT2D eigenvalue weighted by atomic mass is 16.5. The molecule has 0 aromatic carbocycles. The van der Waals surface area contributed by atoms with Crippen LogP contribution in [0.5, 0.6) is 11.5 Å². The number of aromatic nitrogens is 4. The lowest BCUT2D eigenvalue weighted by atomic mass is 10.2. The summed E-state index contributed by atoms with van der Waals surface area (Å²) >= 11 is 0. The van der Waals surface area contributed by atoms with E-state index in [0.29, 0.717) is 34.2 Å². The number of fused-ring (bicyclic) bond motifs is 1. The second-order valence-corrected chi connectivity index (χ2v) is 5.92. The zero-order valence-electron chi connectivity index (χ0n) is 15.7. The molecule has 0 saturated carbocycles. The Morgan fingerprint density at radius 3 is 2.55 bits per heavy atom. The van der Waals surface area contributed by atoms with Crippen LogP contribution in [0.4, 0.5) is 0 Å². The van der Waals surface area contributed by atoms with Crippen molar-refractivity contribution >= 4 is 17.2 Å². The number of rotatable bonds is 6. The van der Waals surface area contributed by atoms with Crippen LogP contribution in [-0.2, 0) is 11.3 Å². The van der Waals surface area contributed by atoms with E-state index in [4.69, 9.17) is 13.9 Å². The minimum Gasteiger partial charge on any atom is -0.495 e. The quantitative estimate of drug-likeness (QED) is 0.457. The molecule has 0 radical (unpaired) electrons. The maximum atomic E-state index is 11.5. The molecule has 4 aromatic heterocycles. The molecule has 0 fully saturated rings. The minimum absolute atomic E-state index is 0.202. The summed E-state index contributed by atoms with van der Waals surface area (Å²) in [5.41, 5.74) is 2.47. The van der Waals surface area contributed by atoms with Crippen molar-refractivity contribution in [3.63, 3.8) is 0 Å². The van der Waals surface area contributed by atoms with Crippen LogP contribution in [0, 0.1) is 0 Å². The molecule has 0 aliphatic carbocycles. The number of carbonyl (C=O) groups excluding carboxylic acids is 1. The first-order valence-corrected chi connectivity index (χ1v) is 8.59. The van der Waals surface area contributed by atoms with E-state index in [-0.39, 0.29) is 12.3 Å². The fourth-order valence-corrected chi connectivity index (χ4v) is 2.53. The fraction of sp³-hybridized carbons (Fsp3) is 0.150. The summed E-state index contributed by atoms with van der Waals surface area (Å²) in [6, 6.07) is 8.59. The SMILES string of the molecule is COC(=O)c1ccc(-c2nc3cc(OCc4ccc(OC)cn4)cnc3o2)cn1. The lowest BCUT2D eigenvalue weighted by Crippen LogP contribution is -2.03. The van der Waals surface area contributed by atoms with Crippen molar-refractivity contribution in [2.75, 3.05) is 14.2 Å². The highest BCUT2D eigenvalue weighted by Crippen LogP contribution is 2.25. The van der Waals surface area contributed by atoms with Crippen LogP contribution < -0.4 is 9.47 Å². The summed E-state index contributed by atoms with van der Waals surface area (Å²) in [5, 5.41) is 0. The highest BCUT2D eigenvalue weighted by molar-refractivity contribution is 5.87. The van der Waals surface area contributed by atoms with Gasteiger partial charge in [-0.05, 0) is 24.3 Å². The average Bonchev–Trinajstić information content (AvgIpc) is 3.21. The fourth-order valence-electron chi connectivity index (χ4n) is 2.53. The molecule has 0 N–H and O–H groups in total. The largest absolute Gasteiger partial charge is 0.495 e. The van der Waals surface area contributed by atoms with Gasteiger partial charge in [0.25, 0.3) is 0 Å². The summed E-state index contributed by atoms with van der Waals surface area (Å²) in [4.78, 5) is 28.4. The summed E-state index contributed by atoms with van der Waals surface area (Å²) in [6.45, 7) is 0.279. The van der Waals surface area contributed by atoms with Gasteiger partial charge in [0.05, 0.1) is 37.9 Å². The van der Waals surface area contributed by atoms with E-state index in [0.717, 1.165) is 5.69 Å². The van der Waals surface area contributed by atoms with Gasteiger partial charge in [-0.15, -0.1) is 0 Å². The van der Waals surface area contributed by atoms with Crippen LogP contribution in [-0.4, -0.2) is 40.1 Å². The monoisotopic (exact) mass is 392 g/mol. The first kappa shape index (κ1) is 18.4. The molecule has 0 bridgehead atoms. The van der Waals surface area contributed by atoms with Gasteiger partial charge in [0.1, 0.15) is 29.3 Å². The lowest BCUT2D eigenvalue weighted by molar-refractivity contribution is 0.0594. The third-order valence-corrected chi connectivity index (χ3v) is 4.05. The van der Waals surface area contributed by atoms with Gasteiger partial charge in [-0.2, -0.15) is 0 Å². The summed E-state index contributed by atoms with van der Waals surface area (Å²) in [7, 11) is 2.89. The van der Waals surface area contributed by atoms with E-state index in [9.17, 15) is 4.79 Å². The van der Waals surface area contributed by atoms with Gasteiger partial charge in [-0.1, -0.05) is 0 Å². The molecule has 0 atom stereocenters. The Morgan fingerprint density at radius 2 is 1.86 bits per heavy atom. The molecule has 4 heterocycles. The maximum Gasteiger partial charge on any atom is 0.356 e. The number of pyridine rings is 3. The molecule has 29 heavy (non-hydrogen) atoms. The summed E-state index contributed by atoms with van der Waals surface area (Å²) < 4.78 is 21.1. The summed E-state index contributed by atoms with van der Waals surface area (Å²) in [5.74, 6) is 1.05. The first-order chi connectivity index (χ1) is 14.2. The molecule has 0 saturated heterocycles. The van der Waals surface area contributed by atoms with Crippen molar-refractivity contribution in [2.45, 2.75) is 6.61 Å². The Kier molecular flexibility index (Phi) is 5.02. The zero-order chi connectivity index (χ0) is 20.2. The third-order valence-electron chi connectivity index (χ3n) is 4.05. The van der Waals surface area contributed by atoms with E-state index in [1.165, 1.54) is 13.3 Å². The predicted octanol–water partition coefficient (Wildman–Crippen LogP) is 3.05. The molecular weight excluding hydrogens is 376 g/mol. The molecule has 146 valence electrons. The minimum atomic E-state index is -0.510. The Bertz CT molecular complexity index is 1140. The van der Waals surface area contributed by atoms with Crippen LogP contribution in [0.15, 0.2) is 53.3 Å². The standard InChI is InChI=1S/C20H16N4O5/c1-26-14-5-4-13(21-9-14)11-28-15-7-17-19(23-10-15)29-18(24-17)12-3-6-16(22-8-12)20(25)27-2/h3-10H,11H2,1-2H3. The topological polar surface area (TPSA) is 109 Å². The van der Waals surface area contributed by atoms with Crippen LogP contribution in [0.1, 0.15) is 16.2 Å². The van der Waals surface area contributed by atoms with Gasteiger partial charge < -0.3 is 18.6 Å². The molecule has 0 aliphatic heterocycles. The van der Waals surface area contributed by atoms with Crippen LogP contribution in [0.3, 0.4) is 0 Å². The van der Waals surface area contributed by atoms with Crippen molar-refractivity contribution < 1.29 is 23.4 Å². The number of methoxy groups -OCH3 is 2.